The van der Waals surface area contributed by atoms with Crippen LogP contribution in [0, 0.1) is 11.6 Å². The Morgan fingerprint density at radius 1 is 1.47 bits per heavy atom. The van der Waals surface area contributed by atoms with Crippen LogP contribution in [0.3, 0.4) is 0 Å². The van der Waals surface area contributed by atoms with Gasteiger partial charge in [-0.25, -0.2) is 13.8 Å². The fourth-order valence-corrected chi connectivity index (χ4v) is 1.33. The second-order valence-electron chi connectivity index (χ2n) is 3.43. The molecule has 0 radical (unpaired) electrons. The Hall–Kier alpha value is -1.53. The molecule has 0 aromatic heterocycles. The molecule has 1 N–H and O–H groups in total. The number of aliphatic hydroxyl groups is 1. The third-order valence-electron chi connectivity index (χ3n) is 2.33. The van der Waals surface area contributed by atoms with Crippen LogP contribution >= 0.6 is 0 Å². The fraction of sp³-hybridized carbons (Fsp3) is 0.364. The predicted octanol–water partition coefficient (Wildman–Crippen LogP) is 1.41. The maximum Gasteiger partial charge on any atom is 0.248 e. The molecule has 6 heteroatoms. The van der Waals surface area contributed by atoms with Crippen molar-refractivity contribution in [1.29, 1.82) is 0 Å². The van der Waals surface area contributed by atoms with Gasteiger partial charge in [0.05, 0.1) is 25.2 Å². The van der Waals surface area contributed by atoms with Crippen LogP contribution in [0.2, 0.25) is 0 Å². The van der Waals surface area contributed by atoms with E-state index >= 15 is 0 Å². The van der Waals surface area contributed by atoms with E-state index in [0.29, 0.717) is 0 Å². The Morgan fingerprint density at radius 3 is 2.47 bits per heavy atom. The summed E-state index contributed by atoms with van der Waals surface area (Å²) in [4.78, 5) is 16.0. The molecule has 0 saturated heterocycles. The molecule has 1 rings (SSSR count). The largest absolute Gasteiger partial charge is 0.388 e. The Kier molecular flexibility index (Phi) is 4.53. The first-order valence-corrected chi connectivity index (χ1v) is 4.90. The molecular weight excluding hydrogens is 232 g/mol. The summed E-state index contributed by atoms with van der Waals surface area (Å²) in [5, 5.41) is 10.5. The lowest BCUT2D eigenvalue weighted by Crippen LogP contribution is -2.27. The number of rotatable bonds is 4. The number of hydrogen-bond donors (Lipinski definition) is 1. The van der Waals surface area contributed by atoms with E-state index < -0.39 is 35.6 Å². The number of amides is 1. The Labute approximate surface area is 97.4 Å². The van der Waals surface area contributed by atoms with E-state index in [9.17, 15) is 18.7 Å². The Balaban J connectivity index is 2.83. The van der Waals surface area contributed by atoms with E-state index in [4.69, 9.17) is 0 Å². The molecule has 1 atom stereocenters. The molecule has 0 fully saturated rings. The van der Waals surface area contributed by atoms with E-state index in [2.05, 4.69) is 4.84 Å². The van der Waals surface area contributed by atoms with E-state index in [1.54, 1.807) is 0 Å². The molecule has 0 saturated carbocycles. The average molecular weight is 245 g/mol. The monoisotopic (exact) mass is 245 g/mol. The lowest BCUT2D eigenvalue weighted by Gasteiger charge is -2.17. The molecule has 1 amide bonds. The van der Waals surface area contributed by atoms with Gasteiger partial charge in [0.1, 0.15) is 11.6 Å². The second-order valence-corrected chi connectivity index (χ2v) is 3.43. The summed E-state index contributed by atoms with van der Waals surface area (Å²) in [5.41, 5.74) is -0.509. The molecule has 94 valence electrons. The van der Waals surface area contributed by atoms with Crippen molar-refractivity contribution in [3.63, 3.8) is 0 Å². The molecule has 1 aromatic rings. The van der Waals surface area contributed by atoms with Crippen LogP contribution in [0.4, 0.5) is 8.78 Å². The van der Waals surface area contributed by atoms with Crippen LogP contribution in [0.5, 0.6) is 0 Å². The highest BCUT2D eigenvalue weighted by Crippen LogP contribution is 2.23. The molecule has 0 aliphatic heterocycles. The first kappa shape index (κ1) is 13.5. The van der Waals surface area contributed by atoms with Crippen LogP contribution in [0.1, 0.15) is 18.1 Å². The van der Waals surface area contributed by atoms with E-state index in [1.807, 2.05) is 0 Å². The smallest absolute Gasteiger partial charge is 0.248 e. The molecular formula is C11H13F2NO3. The maximum atomic E-state index is 13.3. The van der Waals surface area contributed by atoms with Crippen molar-refractivity contribution >= 4 is 5.91 Å². The molecule has 0 heterocycles. The minimum atomic E-state index is -1.54. The molecule has 1 unspecified atom stereocenters. The number of benzene rings is 1. The Morgan fingerprint density at radius 2 is 2.00 bits per heavy atom. The number of carbonyl (C=O) groups excluding carboxylic acids is 1. The highest BCUT2D eigenvalue weighted by atomic mass is 19.1. The number of halogens is 2. The lowest BCUT2D eigenvalue weighted by atomic mass is 10.0. The van der Waals surface area contributed by atoms with Crippen molar-refractivity contribution in [2.24, 2.45) is 0 Å². The van der Waals surface area contributed by atoms with Gasteiger partial charge in [0.2, 0.25) is 5.91 Å². The topological polar surface area (TPSA) is 49.8 Å². The summed E-state index contributed by atoms with van der Waals surface area (Å²) in [6.45, 7) is 0. The van der Waals surface area contributed by atoms with Gasteiger partial charge in [-0.05, 0) is 12.1 Å². The van der Waals surface area contributed by atoms with Gasteiger partial charge < -0.3 is 5.11 Å². The highest BCUT2D eigenvalue weighted by molar-refractivity contribution is 5.75. The van der Waals surface area contributed by atoms with Gasteiger partial charge in [-0.1, -0.05) is 6.07 Å². The summed E-state index contributed by atoms with van der Waals surface area (Å²) in [6, 6.07) is 3.22. The highest BCUT2D eigenvalue weighted by Gasteiger charge is 2.22. The predicted molar refractivity (Wildman–Crippen MR) is 55.7 cm³/mol. The van der Waals surface area contributed by atoms with Crippen LogP contribution in [-0.4, -0.2) is 30.2 Å². The molecule has 4 nitrogen and oxygen atoms in total. The molecule has 0 aliphatic rings. The summed E-state index contributed by atoms with van der Waals surface area (Å²) in [7, 11) is 2.61. The van der Waals surface area contributed by atoms with Gasteiger partial charge in [0.15, 0.2) is 0 Å². The molecule has 0 aliphatic carbocycles. The number of carbonyl (C=O) groups is 1. The van der Waals surface area contributed by atoms with Gasteiger partial charge in [-0.2, -0.15) is 0 Å². The molecule has 1 aromatic carbocycles. The molecule has 0 spiro atoms. The summed E-state index contributed by atoms with van der Waals surface area (Å²) < 4.78 is 26.6. The quantitative estimate of drug-likeness (QED) is 0.816. The van der Waals surface area contributed by atoms with Crippen LogP contribution in [0.15, 0.2) is 18.2 Å². The zero-order valence-corrected chi connectivity index (χ0v) is 9.48. The zero-order valence-electron chi connectivity index (χ0n) is 9.48. The van der Waals surface area contributed by atoms with Crippen molar-refractivity contribution in [1.82, 2.24) is 5.06 Å². The zero-order chi connectivity index (χ0) is 13.0. The van der Waals surface area contributed by atoms with Crippen molar-refractivity contribution in [3.05, 3.63) is 35.4 Å². The SMILES string of the molecule is CON(C)C(=O)CC(O)c1c(F)cccc1F. The van der Waals surface area contributed by atoms with Gasteiger partial charge in [0, 0.05) is 7.05 Å². The Bertz CT molecular complexity index is 391. The van der Waals surface area contributed by atoms with Crippen LogP contribution in [0.25, 0.3) is 0 Å². The van der Waals surface area contributed by atoms with Crippen molar-refractivity contribution in [2.45, 2.75) is 12.5 Å². The number of aliphatic hydroxyl groups excluding tert-OH is 1. The van der Waals surface area contributed by atoms with Gasteiger partial charge >= 0.3 is 0 Å². The van der Waals surface area contributed by atoms with Gasteiger partial charge in [-0.15, -0.1) is 0 Å². The van der Waals surface area contributed by atoms with E-state index in [0.717, 1.165) is 17.2 Å². The lowest BCUT2D eigenvalue weighted by molar-refractivity contribution is -0.170. The van der Waals surface area contributed by atoms with Crippen molar-refractivity contribution < 1.29 is 23.5 Å². The van der Waals surface area contributed by atoms with E-state index in [-0.39, 0.29) is 0 Å². The summed E-state index contributed by atoms with van der Waals surface area (Å²) in [5.74, 6) is -2.35. The van der Waals surface area contributed by atoms with E-state index in [1.165, 1.54) is 20.2 Å². The minimum Gasteiger partial charge on any atom is -0.388 e. The first-order chi connectivity index (χ1) is 7.97. The second kappa shape index (κ2) is 5.70. The third kappa shape index (κ3) is 3.21. The number of hydroxylamine groups is 2. The standard InChI is InChI=1S/C11H13F2NO3/c1-14(17-2)10(16)6-9(15)11-7(12)4-3-5-8(11)13/h3-5,9,15H,6H2,1-2H3. The number of hydrogen-bond acceptors (Lipinski definition) is 3. The summed E-state index contributed by atoms with van der Waals surface area (Å²) in [6.07, 6.45) is -2.00. The van der Waals surface area contributed by atoms with Crippen LogP contribution in [-0.2, 0) is 9.63 Å². The average Bonchev–Trinajstić information content (AvgIpc) is 2.27. The van der Waals surface area contributed by atoms with Crippen molar-refractivity contribution in [3.8, 4) is 0 Å². The van der Waals surface area contributed by atoms with Crippen molar-refractivity contribution in [2.75, 3.05) is 14.2 Å². The fourth-order valence-electron chi connectivity index (χ4n) is 1.33. The third-order valence-corrected chi connectivity index (χ3v) is 2.33. The van der Waals surface area contributed by atoms with Gasteiger partial charge in [0.25, 0.3) is 0 Å². The first-order valence-electron chi connectivity index (χ1n) is 4.90. The van der Waals surface area contributed by atoms with Gasteiger partial charge in [-0.3, -0.25) is 9.63 Å². The molecule has 17 heavy (non-hydrogen) atoms. The number of nitrogens with zero attached hydrogens (tertiary/aromatic N) is 1. The minimum absolute atomic E-state index is 0.456. The molecule has 0 bridgehead atoms. The van der Waals surface area contributed by atoms with Crippen LogP contribution < -0.4 is 0 Å². The normalized spacial score (nSPS) is 12.3. The maximum absolute atomic E-state index is 13.3. The summed E-state index contributed by atoms with van der Waals surface area (Å²) >= 11 is 0.